The Hall–Kier alpha value is -1.60. The van der Waals surface area contributed by atoms with Crippen LogP contribution in [-0.4, -0.2) is 43.2 Å². The fourth-order valence-corrected chi connectivity index (χ4v) is 2.80. The molecule has 6 nitrogen and oxygen atoms in total. The summed E-state index contributed by atoms with van der Waals surface area (Å²) in [4.78, 5) is 16.6. The van der Waals surface area contributed by atoms with E-state index in [1.54, 1.807) is 0 Å². The lowest BCUT2D eigenvalue weighted by atomic mass is 10.0. The van der Waals surface area contributed by atoms with Crippen LogP contribution in [0.15, 0.2) is 33.7 Å². The van der Waals surface area contributed by atoms with Crippen LogP contribution in [0, 0.1) is 5.92 Å². The lowest BCUT2D eigenvalue weighted by molar-refractivity contribution is -0.116. The molecule has 0 saturated heterocycles. The predicted molar refractivity (Wildman–Crippen MR) is 111 cm³/mol. The second kappa shape index (κ2) is 13.6. The van der Waals surface area contributed by atoms with E-state index in [-0.39, 0.29) is 12.5 Å². The Morgan fingerprint density at radius 2 is 1.92 bits per heavy atom. The number of carbonyl (C=O) groups excluding carboxylic acids is 1. The number of benzene rings is 1. The Morgan fingerprint density at radius 3 is 2.54 bits per heavy atom. The third-order valence-corrected chi connectivity index (χ3v) is 4.39. The summed E-state index contributed by atoms with van der Waals surface area (Å²) in [7, 11) is 0. The van der Waals surface area contributed by atoms with Gasteiger partial charge in [0.25, 0.3) is 0 Å². The number of nitrogens with one attached hydrogen (secondary N) is 3. The Labute approximate surface area is 165 Å². The van der Waals surface area contributed by atoms with Crippen molar-refractivity contribution >= 4 is 33.5 Å². The first-order chi connectivity index (χ1) is 12.6. The minimum absolute atomic E-state index is 0.0418. The molecule has 1 amide bonds. The summed E-state index contributed by atoms with van der Waals surface area (Å²) in [5.74, 6) is 1.06. The predicted octanol–water partition coefficient (Wildman–Crippen LogP) is 3.13. The summed E-state index contributed by atoms with van der Waals surface area (Å²) < 4.78 is 0.978. The number of amides is 1. The highest BCUT2D eigenvalue weighted by atomic mass is 79.9. The van der Waals surface area contributed by atoms with Gasteiger partial charge in [-0.05, 0) is 49.9 Å². The first-order valence-corrected chi connectivity index (χ1v) is 10.1. The summed E-state index contributed by atoms with van der Waals surface area (Å²) in [6, 6.07) is 7.50. The summed E-state index contributed by atoms with van der Waals surface area (Å²) in [5, 5.41) is 18.4. The molecule has 0 aliphatic carbocycles. The SMILES string of the molecule is CCCC(CCO)CN=C(NCC)NCCC(=O)Nc1ccc(Br)cc1. The number of hydrogen-bond donors (Lipinski definition) is 4. The van der Waals surface area contributed by atoms with Crippen molar-refractivity contribution in [3.63, 3.8) is 0 Å². The molecule has 146 valence electrons. The zero-order valence-corrected chi connectivity index (χ0v) is 17.3. The van der Waals surface area contributed by atoms with Crippen LogP contribution in [0.2, 0.25) is 0 Å². The van der Waals surface area contributed by atoms with Gasteiger partial charge < -0.3 is 21.1 Å². The van der Waals surface area contributed by atoms with E-state index in [0.29, 0.717) is 31.4 Å². The first-order valence-electron chi connectivity index (χ1n) is 9.27. The summed E-state index contributed by atoms with van der Waals surface area (Å²) in [6.45, 7) is 6.29. The van der Waals surface area contributed by atoms with Gasteiger partial charge in [-0.3, -0.25) is 9.79 Å². The molecule has 26 heavy (non-hydrogen) atoms. The van der Waals surface area contributed by atoms with Gasteiger partial charge in [-0.2, -0.15) is 0 Å². The Bertz CT molecular complexity index is 543. The second-order valence-electron chi connectivity index (χ2n) is 6.12. The van der Waals surface area contributed by atoms with Crippen molar-refractivity contribution in [3.8, 4) is 0 Å². The van der Waals surface area contributed by atoms with Crippen LogP contribution in [0.25, 0.3) is 0 Å². The lowest BCUT2D eigenvalue weighted by Crippen LogP contribution is -2.39. The van der Waals surface area contributed by atoms with E-state index in [1.165, 1.54) is 0 Å². The molecular formula is C19H31BrN4O2. The van der Waals surface area contributed by atoms with Crippen molar-refractivity contribution < 1.29 is 9.90 Å². The van der Waals surface area contributed by atoms with Gasteiger partial charge in [0.15, 0.2) is 5.96 Å². The average molecular weight is 427 g/mol. The fourth-order valence-electron chi connectivity index (χ4n) is 2.53. The van der Waals surface area contributed by atoms with E-state index in [4.69, 9.17) is 5.11 Å². The largest absolute Gasteiger partial charge is 0.396 e. The maximum absolute atomic E-state index is 12.0. The fraction of sp³-hybridized carbons (Fsp3) is 0.579. The van der Waals surface area contributed by atoms with Crippen molar-refractivity contribution in [3.05, 3.63) is 28.7 Å². The molecule has 0 aliphatic heterocycles. The van der Waals surface area contributed by atoms with Crippen LogP contribution in [0.4, 0.5) is 5.69 Å². The molecule has 0 aromatic heterocycles. The molecule has 0 radical (unpaired) electrons. The lowest BCUT2D eigenvalue weighted by Gasteiger charge is -2.15. The van der Waals surface area contributed by atoms with Crippen LogP contribution in [0.5, 0.6) is 0 Å². The molecule has 7 heteroatoms. The maximum atomic E-state index is 12.0. The number of nitrogens with zero attached hydrogens (tertiary/aromatic N) is 1. The minimum Gasteiger partial charge on any atom is -0.396 e. The third-order valence-electron chi connectivity index (χ3n) is 3.86. The molecular weight excluding hydrogens is 396 g/mol. The molecule has 4 N–H and O–H groups in total. The molecule has 1 rings (SSSR count). The highest BCUT2D eigenvalue weighted by molar-refractivity contribution is 9.10. The highest BCUT2D eigenvalue weighted by Gasteiger charge is 2.08. The Balaban J connectivity index is 2.42. The summed E-state index contributed by atoms with van der Waals surface area (Å²) in [5.41, 5.74) is 0.783. The highest BCUT2D eigenvalue weighted by Crippen LogP contribution is 2.14. The van der Waals surface area contributed by atoms with Crippen LogP contribution in [-0.2, 0) is 4.79 Å². The zero-order valence-electron chi connectivity index (χ0n) is 15.7. The topological polar surface area (TPSA) is 85.8 Å². The molecule has 1 aromatic carbocycles. The molecule has 1 unspecified atom stereocenters. The number of aliphatic hydroxyl groups excluding tert-OH is 1. The van der Waals surface area contributed by atoms with Crippen LogP contribution in [0.1, 0.15) is 39.5 Å². The first kappa shape index (κ1) is 22.4. The van der Waals surface area contributed by atoms with Gasteiger partial charge in [-0.15, -0.1) is 0 Å². The molecule has 0 saturated carbocycles. The van der Waals surface area contributed by atoms with E-state index < -0.39 is 0 Å². The van der Waals surface area contributed by atoms with E-state index in [0.717, 1.165) is 36.0 Å². The smallest absolute Gasteiger partial charge is 0.226 e. The minimum atomic E-state index is -0.0418. The van der Waals surface area contributed by atoms with Gasteiger partial charge >= 0.3 is 0 Å². The van der Waals surface area contributed by atoms with Gasteiger partial charge in [-0.1, -0.05) is 29.3 Å². The normalized spacial score (nSPS) is 12.5. The monoisotopic (exact) mass is 426 g/mol. The van der Waals surface area contributed by atoms with Gasteiger partial charge in [-0.25, -0.2) is 0 Å². The van der Waals surface area contributed by atoms with Crippen molar-refractivity contribution in [2.45, 2.75) is 39.5 Å². The number of aliphatic imine (C=N–C) groups is 1. The van der Waals surface area contributed by atoms with E-state index in [2.05, 4.69) is 43.8 Å². The molecule has 0 aliphatic rings. The van der Waals surface area contributed by atoms with Crippen molar-refractivity contribution in [2.75, 3.05) is 31.6 Å². The van der Waals surface area contributed by atoms with E-state index >= 15 is 0 Å². The van der Waals surface area contributed by atoms with Gasteiger partial charge in [0, 0.05) is 42.8 Å². The third kappa shape index (κ3) is 9.77. The van der Waals surface area contributed by atoms with Crippen LogP contribution >= 0.6 is 15.9 Å². The van der Waals surface area contributed by atoms with E-state index in [9.17, 15) is 4.79 Å². The quantitative estimate of drug-likeness (QED) is 0.323. The number of rotatable bonds is 11. The number of aliphatic hydroxyl groups is 1. The summed E-state index contributed by atoms with van der Waals surface area (Å²) >= 11 is 3.37. The van der Waals surface area contributed by atoms with Crippen LogP contribution < -0.4 is 16.0 Å². The van der Waals surface area contributed by atoms with Crippen molar-refractivity contribution in [1.29, 1.82) is 0 Å². The number of guanidine groups is 1. The second-order valence-corrected chi connectivity index (χ2v) is 7.03. The number of anilines is 1. The zero-order chi connectivity index (χ0) is 19.2. The number of halogens is 1. The molecule has 0 fully saturated rings. The molecule has 0 heterocycles. The van der Waals surface area contributed by atoms with Crippen molar-refractivity contribution in [2.24, 2.45) is 10.9 Å². The van der Waals surface area contributed by atoms with Gasteiger partial charge in [0.2, 0.25) is 5.91 Å². The Morgan fingerprint density at radius 1 is 1.19 bits per heavy atom. The van der Waals surface area contributed by atoms with Gasteiger partial charge in [0.05, 0.1) is 0 Å². The van der Waals surface area contributed by atoms with Crippen molar-refractivity contribution in [1.82, 2.24) is 10.6 Å². The number of carbonyl (C=O) groups is 1. The van der Waals surface area contributed by atoms with Gasteiger partial charge in [0.1, 0.15) is 0 Å². The summed E-state index contributed by atoms with van der Waals surface area (Å²) in [6.07, 6.45) is 3.27. The number of hydrogen-bond acceptors (Lipinski definition) is 3. The van der Waals surface area contributed by atoms with E-state index in [1.807, 2.05) is 31.2 Å². The van der Waals surface area contributed by atoms with Crippen LogP contribution in [0.3, 0.4) is 0 Å². The molecule has 0 bridgehead atoms. The Kier molecular flexibility index (Phi) is 11.7. The molecule has 1 aromatic rings. The maximum Gasteiger partial charge on any atom is 0.226 e. The standard InChI is InChI=1S/C19H31BrN4O2/c1-3-5-15(11-13-25)14-23-19(21-4-2)22-12-10-18(26)24-17-8-6-16(20)7-9-17/h6-9,15,25H,3-5,10-14H2,1-2H3,(H,24,26)(H2,21,22,23). The average Bonchev–Trinajstić information content (AvgIpc) is 2.62. The molecule has 1 atom stereocenters. The molecule has 0 spiro atoms.